The smallest absolute Gasteiger partial charge is 0.0402 e. The van der Waals surface area contributed by atoms with Gasteiger partial charge in [-0.15, -0.1) is 0 Å². The summed E-state index contributed by atoms with van der Waals surface area (Å²) in [6.45, 7) is 4.18. The third-order valence-corrected chi connectivity index (χ3v) is 3.62. The van der Waals surface area contributed by atoms with Crippen LogP contribution in [-0.4, -0.2) is 20.1 Å². The van der Waals surface area contributed by atoms with E-state index >= 15 is 0 Å². The number of nitrogens with zero attached hydrogens (tertiary/aromatic N) is 1. The average molecular weight is 251 g/mol. The van der Waals surface area contributed by atoms with Crippen molar-refractivity contribution < 1.29 is 0 Å². The molecule has 1 N–H and O–H groups in total. The molecular formula is C14H19ClN2. The SMILES string of the molecule is CNC(C)c1ccc2c(c1)CCN2C/C=C/Cl. The van der Waals surface area contributed by atoms with E-state index in [-0.39, 0.29) is 0 Å². The quantitative estimate of drug-likeness (QED) is 0.884. The lowest BCUT2D eigenvalue weighted by Crippen LogP contribution is -2.20. The summed E-state index contributed by atoms with van der Waals surface area (Å²) in [6, 6.07) is 7.18. The molecule has 0 spiro atoms. The van der Waals surface area contributed by atoms with Gasteiger partial charge in [0.05, 0.1) is 0 Å². The number of fused-ring (bicyclic) bond motifs is 1. The fourth-order valence-electron chi connectivity index (χ4n) is 2.28. The molecule has 1 aliphatic rings. The molecule has 1 unspecified atom stereocenters. The van der Waals surface area contributed by atoms with E-state index in [0.29, 0.717) is 6.04 Å². The lowest BCUT2D eigenvalue weighted by molar-refractivity contribution is 0.652. The van der Waals surface area contributed by atoms with Gasteiger partial charge in [0.15, 0.2) is 0 Å². The highest BCUT2D eigenvalue weighted by Gasteiger charge is 2.18. The highest BCUT2D eigenvalue weighted by molar-refractivity contribution is 6.25. The summed E-state index contributed by atoms with van der Waals surface area (Å²) in [6.07, 6.45) is 3.12. The monoisotopic (exact) mass is 250 g/mol. The largest absolute Gasteiger partial charge is 0.367 e. The van der Waals surface area contributed by atoms with Gasteiger partial charge in [-0.2, -0.15) is 0 Å². The molecule has 17 heavy (non-hydrogen) atoms. The van der Waals surface area contributed by atoms with Crippen molar-refractivity contribution in [1.29, 1.82) is 0 Å². The summed E-state index contributed by atoms with van der Waals surface area (Å²) in [5, 5.41) is 3.28. The topological polar surface area (TPSA) is 15.3 Å². The van der Waals surface area contributed by atoms with E-state index in [1.807, 2.05) is 13.1 Å². The van der Waals surface area contributed by atoms with Crippen LogP contribution in [0.3, 0.4) is 0 Å². The molecule has 0 amide bonds. The molecule has 2 nitrogen and oxygen atoms in total. The Balaban J connectivity index is 2.19. The standard InChI is InChI=1S/C14H19ClN2/c1-11(16-2)12-4-5-14-13(10-12)6-9-17(14)8-3-7-15/h3-5,7,10-11,16H,6,8-9H2,1-2H3/b7-3+. The summed E-state index contributed by atoms with van der Waals surface area (Å²) >= 11 is 5.58. The van der Waals surface area contributed by atoms with Gasteiger partial charge in [0, 0.05) is 30.4 Å². The predicted octanol–water partition coefficient (Wildman–Crippen LogP) is 3.08. The Kier molecular flexibility index (Phi) is 4.08. The van der Waals surface area contributed by atoms with Crippen LogP contribution in [0.2, 0.25) is 0 Å². The zero-order valence-electron chi connectivity index (χ0n) is 10.4. The van der Waals surface area contributed by atoms with Crippen molar-refractivity contribution in [3.8, 4) is 0 Å². The number of nitrogens with one attached hydrogen (secondary N) is 1. The van der Waals surface area contributed by atoms with E-state index in [1.165, 1.54) is 16.8 Å². The molecule has 0 aliphatic carbocycles. The first kappa shape index (κ1) is 12.5. The molecule has 2 rings (SSSR count). The Morgan fingerprint density at radius 1 is 1.53 bits per heavy atom. The molecule has 1 heterocycles. The van der Waals surface area contributed by atoms with E-state index in [1.54, 1.807) is 5.54 Å². The normalized spacial score (nSPS) is 16.5. The molecule has 1 aromatic rings. The van der Waals surface area contributed by atoms with Crippen LogP contribution in [0.1, 0.15) is 24.1 Å². The number of benzene rings is 1. The van der Waals surface area contributed by atoms with E-state index in [4.69, 9.17) is 11.6 Å². The van der Waals surface area contributed by atoms with Crippen LogP contribution in [-0.2, 0) is 6.42 Å². The van der Waals surface area contributed by atoms with Gasteiger partial charge in [0.1, 0.15) is 0 Å². The fraction of sp³-hybridized carbons (Fsp3) is 0.429. The number of halogens is 1. The molecule has 1 atom stereocenters. The van der Waals surface area contributed by atoms with Crippen molar-refractivity contribution in [3.05, 3.63) is 40.9 Å². The van der Waals surface area contributed by atoms with Gasteiger partial charge in [0.25, 0.3) is 0 Å². The molecule has 92 valence electrons. The van der Waals surface area contributed by atoms with Crippen molar-refractivity contribution >= 4 is 17.3 Å². The average Bonchev–Trinajstić information content (AvgIpc) is 2.77. The summed E-state index contributed by atoms with van der Waals surface area (Å²) in [5.41, 5.74) is 5.76. The van der Waals surface area contributed by atoms with Crippen LogP contribution >= 0.6 is 11.6 Å². The number of hydrogen-bond acceptors (Lipinski definition) is 2. The van der Waals surface area contributed by atoms with Gasteiger partial charge in [0.2, 0.25) is 0 Å². The van der Waals surface area contributed by atoms with Gasteiger partial charge in [-0.25, -0.2) is 0 Å². The van der Waals surface area contributed by atoms with Gasteiger partial charge < -0.3 is 10.2 Å². The maximum absolute atomic E-state index is 5.58. The molecule has 0 bridgehead atoms. The molecular weight excluding hydrogens is 232 g/mol. The lowest BCUT2D eigenvalue weighted by atomic mass is 10.0. The van der Waals surface area contributed by atoms with E-state index in [9.17, 15) is 0 Å². The molecule has 1 aliphatic heterocycles. The summed E-state index contributed by atoms with van der Waals surface area (Å²) in [5.74, 6) is 0. The zero-order valence-corrected chi connectivity index (χ0v) is 11.2. The predicted molar refractivity (Wildman–Crippen MR) is 74.8 cm³/mol. The lowest BCUT2D eigenvalue weighted by Gasteiger charge is -2.18. The number of rotatable bonds is 4. The van der Waals surface area contributed by atoms with Crippen molar-refractivity contribution in [2.45, 2.75) is 19.4 Å². The van der Waals surface area contributed by atoms with Crippen LogP contribution in [0.15, 0.2) is 29.8 Å². The van der Waals surface area contributed by atoms with Gasteiger partial charge in [-0.1, -0.05) is 29.8 Å². The maximum atomic E-state index is 5.58. The Morgan fingerprint density at radius 2 is 2.35 bits per heavy atom. The fourth-order valence-corrected chi connectivity index (χ4v) is 2.36. The van der Waals surface area contributed by atoms with Crippen LogP contribution in [0.5, 0.6) is 0 Å². The molecule has 3 heteroatoms. The highest BCUT2D eigenvalue weighted by atomic mass is 35.5. The minimum Gasteiger partial charge on any atom is -0.367 e. The Hall–Kier alpha value is -0.990. The van der Waals surface area contributed by atoms with Crippen molar-refractivity contribution in [1.82, 2.24) is 5.32 Å². The first-order valence-corrected chi connectivity index (χ1v) is 6.50. The number of anilines is 1. The van der Waals surface area contributed by atoms with Crippen LogP contribution in [0.25, 0.3) is 0 Å². The molecule has 0 aromatic heterocycles. The maximum Gasteiger partial charge on any atom is 0.0402 e. The second kappa shape index (κ2) is 5.56. The van der Waals surface area contributed by atoms with E-state index in [0.717, 1.165) is 19.5 Å². The molecule has 0 radical (unpaired) electrons. The third kappa shape index (κ3) is 2.64. The third-order valence-electron chi connectivity index (χ3n) is 3.44. The van der Waals surface area contributed by atoms with Crippen molar-refractivity contribution in [2.75, 3.05) is 25.0 Å². The van der Waals surface area contributed by atoms with Crippen LogP contribution in [0, 0.1) is 0 Å². The second-order valence-corrected chi connectivity index (χ2v) is 4.71. The van der Waals surface area contributed by atoms with Gasteiger partial charge in [-0.3, -0.25) is 0 Å². The van der Waals surface area contributed by atoms with Crippen LogP contribution < -0.4 is 10.2 Å². The van der Waals surface area contributed by atoms with Crippen LogP contribution in [0.4, 0.5) is 5.69 Å². The highest BCUT2D eigenvalue weighted by Crippen LogP contribution is 2.30. The van der Waals surface area contributed by atoms with Gasteiger partial charge in [-0.05, 0) is 37.6 Å². The molecule has 0 saturated heterocycles. The van der Waals surface area contributed by atoms with Crippen molar-refractivity contribution in [2.24, 2.45) is 0 Å². The molecule has 0 saturated carbocycles. The Bertz CT molecular complexity index is 415. The van der Waals surface area contributed by atoms with E-state index < -0.39 is 0 Å². The minimum atomic E-state index is 0.414. The van der Waals surface area contributed by atoms with Gasteiger partial charge >= 0.3 is 0 Å². The first-order chi connectivity index (χ1) is 8.26. The summed E-state index contributed by atoms with van der Waals surface area (Å²) in [4.78, 5) is 2.36. The Morgan fingerprint density at radius 3 is 3.06 bits per heavy atom. The molecule has 0 fully saturated rings. The summed E-state index contributed by atoms with van der Waals surface area (Å²) < 4.78 is 0. The molecule has 1 aromatic carbocycles. The Labute approximate surface area is 108 Å². The zero-order chi connectivity index (χ0) is 12.3. The first-order valence-electron chi connectivity index (χ1n) is 6.06. The minimum absolute atomic E-state index is 0.414. The second-order valence-electron chi connectivity index (χ2n) is 4.46. The summed E-state index contributed by atoms with van der Waals surface area (Å²) in [7, 11) is 2.00. The van der Waals surface area contributed by atoms with E-state index in [2.05, 4.69) is 35.3 Å². The number of hydrogen-bond donors (Lipinski definition) is 1. The van der Waals surface area contributed by atoms with Crippen molar-refractivity contribution in [3.63, 3.8) is 0 Å².